The third-order valence-electron chi connectivity index (χ3n) is 9.65. The van der Waals surface area contributed by atoms with Gasteiger partial charge in [0, 0.05) is 59.8 Å². The Bertz CT molecular complexity index is 1900. The summed E-state index contributed by atoms with van der Waals surface area (Å²) >= 11 is 0. The van der Waals surface area contributed by atoms with E-state index in [0.717, 1.165) is 70.2 Å². The van der Waals surface area contributed by atoms with Crippen molar-refractivity contribution in [1.82, 2.24) is 0 Å². The molecule has 0 bridgehead atoms. The maximum absolute atomic E-state index is 11.9. The summed E-state index contributed by atoms with van der Waals surface area (Å²) in [6.45, 7) is 18.7. The van der Waals surface area contributed by atoms with Crippen molar-refractivity contribution in [2.45, 2.75) is 96.9 Å². The van der Waals surface area contributed by atoms with Gasteiger partial charge in [0.2, 0.25) is 11.6 Å². The van der Waals surface area contributed by atoms with Gasteiger partial charge in [0.05, 0.1) is 15.8 Å². The Hall–Kier alpha value is -3.95. The first-order valence-electron chi connectivity index (χ1n) is 16.8. The van der Waals surface area contributed by atoms with Crippen LogP contribution in [-0.4, -0.2) is 47.8 Å². The molecule has 1 amide bonds. The van der Waals surface area contributed by atoms with Crippen molar-refractivity contribution in [2.24, 2.45) is 11.1 Å². The lowest BCUT2D eigenvalue weighted by Crippen LogP contribution is -2.44. The van der Waals surface area contributed by atoms with Crippen LogP contribution in [0.25, 0.3) is 11.6 Å². The molecule has 48 heavy (non-hydrogen) atoms. The van der Waals surface area contributed by atoms with Crippen molar-refractivity contribution in [2.75, 3.05) is 18.0 Å². The molecule has 3 aliphatic heterocycles. The lowest BCUT2D eigenvalue weighted by atomic mass is 9.81. The molecule has 3 aliphatic rings. The molecular weight excluding hydrogens is 623 g/mol. The lowest BCUT2D eigenvalue weighted by Gasteiger charge is -2.42. The summed E-state index contributed by atoms with van der Waals surface area (Å²) in [6.07, 6.45) is 15.5. The average Bonchev–Trinajstić information content (AvgIpc) is 3.19. The zero-order valence-electron chi connectivity index (χ0n) is 29.5. The number of nitrogens with two attached hydrogens (primary N) is 1. The van der Waals surface area contributed by atoms with Gasteiger partial charge < -0.3 is 19.9 Å². The highest BCUT2D eigenvalue weighted by molar-refractivity contribution is 7.85. The number of ether oxygens (including phenoxy) is 1. The molecule has 0 unspecified atom stereocenters. The summed E-state index contributed by atoms with van der Waals surface area (Å²) in [7, 11) is -4.61. The van der Waals surface area contributed by atoms with E-state index in [1.807, 2.05) is 19.9 Å². The number of hydrogen-bond acceptors (Lipinski definition) is 6. The van der Waals surface area contributed by atoms with Crippen LogP contribution in [0.2, 0.25) is 0 Å². The maximum Gasteiger partial charge on any atom is 0.217 e. The first-order valence-corrected chi connectivity index (χ1v) is 18.2. The fourth-order valence-electron chi connectivity index (χ4n) is 6.95. The molecule has 0 aliphatic carbocycles. The standard InChI is InChI=1S/C39H49N3O5S/c1-9-42-32-25-33-29(22-27(32)19-20-38(42,5)6)26(23-35(47-33)37(2,3)4)14-13-15-34-39(7,8)30-24-28(48(44,45)46)17-18-31(30)41(34)21-12-10-11-16-36(40)43/h13-15,17-20,22-25H,9-12,16,21H2,1-8H3,(H2-,40,43,44,45,46). The topological polar surface area (TPSA) is 116 Å². The third kappa shape index (κ3) is 6.94. The highest BCUT2D eigenvalue weighted by Gasteiger charge is 2.44. The van der Waals surface area contributed by atoms with E-state index in [4.69, 9.17) is 10.5 Å². The van der Waals surface area contributed by atoms with E-state index in [1.165, 1.54) is 12.1 Å². The average molecular weight is 672 g/mol. The summed E-state index contributed by atoms with van der Waals surface area (Å²) in [6, 6.07) is 9.01. The van der Waals surface area contributed by atoms with E-state index >= 15 is 0 Å². The summed E-state index contributed by atoms with van der Waals surface area (Å²) in [5.41, 5.74) is 11.5. The van der Waals surface area contributed by atoms with Gasteiger partial charge in [-0.3, -0.25) is 4.79 Å². The minimum Gasteiger partial charge on any atom is -0.744 e. The number of unbranched alkanes of at least 4 members (excludes halogenated alkanes) is 2. The van der Waals surface area contributed by atoms with E-state index in [9.17, 15) is 17.8 Å². The van der Waals surface area contributed by atoms with Gasteiger partial charge in [-0.1, -0.05) is 45.1 Å². The molecule has 0 radical (unpaired) electrons. The van der Waals surface area contributed by atoms with E-state index in [-0.39, 0.29) is 21.8 Å². The van der Waals surface area contributed by atoms with E-state index in [0.29, 0.717) is 19.4 Å². The molecule has 0 aromatic heterocycles. The molecular formula is C39H49N3O5S. The van der Waals surface area contributed by atoms with Crippen molar-refractivity contribution < 1.29 is 27.1 Å². The fourth-order valence-corrected chi connectivity index (χ4v) is 7.45. The summed E-state index contributed by atoms with van der Waals surface area (Å²) in [4.78, 5) is 13.4. The highest BCUT2D eigenvalue weighted by atomic mass is 32.2. The quantitative estimate of drug-likeness (QED) is 0.158. The van der Waals surface area contributed by atoms with Crippen LogP contribution in [0.5, 0.6) is 5.75 Å². The van der Waals surface area contributed by atoms with Gasteiger partial charge in [0.25, 0.3) is 0 Å². The van der Waals surface area contributed by atoms with Crippen LogP contribution in [0.1, 0.15) is 97.8 Å². The predicted molar refractivity (Wildman–Crippen MR) is 193 cm³/mol. The molecule has 5 rings (SSSR count). The summed E-state index contributed by atoms with van der Waals surface area (Å²) in [5, 5.41) is 0. The van der Waals surface area contributed by atoms with Crippen molar-refractivity contribution in [3.8, 4) is 5.75 Å². The van der Waals surface area contributed by atoms with Crippen LogP contribution in [0, 0.1) is 5.41 Å². The van der Waals surface area contributed by atoms with Gasteiger partial charge in [0.15, 0.2) is 5.71 Å². The Morgan fingerprint density at radius 3 is 2.46 bits per heavy atom. The van der Waals surface area contributed by atoms with E-state index in [1.54, 1.807) is 6.07 Å². The Kier molecular flexibility index (Phi) is 9.45. The van der Waals surface area contributed by atoms with Gasteiger partial charge in [-0.15, -0.1) is 0 Å². The molecule has 256 valence electrons. The van der Waals surface area contributed by atoms with Gasteiger partial charge in [0.1, 0.15) is 28.2 Å². The monoisotopic (exact) mass is 671 g/mol. The minimum absolute atomic E-state index is 0.107. The predicted octanol–water partition coefficient (Wildman–Crippen LogP) is 7.61. The number of rotatable bonds is 10. The number of fused-ring (bicyclic) bond motifs is 3. The minimum atomic E-state index is -4.61. The Labute approximate surface area is 286 Å². The fraction of sp³-hybridized carbons (Fsp3) is 0.436. The summed E-state index contributed by atoms with van der Waals surface area (Å²) in [5.74, 6) is 1.41. The van der Waals surface area contributed by atoms with Crippen molar-refractivity contribution >= 4 is 44.8 Å². The smallest absolute Gasteiger partial charge is 0.217 e. The number of benzene rings is 2. The lowest BCUT2D eigenvalue weighted by molar-refractivity contribution is -0.438. The molecule has 9 heteroatoms. The number of hydrogen-bond donors (Lipinski definition) is 1. The first-order chi connectivity index (χ1) is 22.3. The number of anilines is 1. The van der Waals surface area contributed by atoms with Crippen molar-refractivity contribution in [1.29, 1.82) is 0 Å². The van der Waals surface area contributed by atoms with Crippen LogP contribution in [0.3, 0.4) is 0 Å². The van der Waals surface area contributed by atoms with Gasteiger partial charge in [-0.25, -0.2) is 8.42 Å². The molecule has 0 saturated carbocycles. The number of likely N-dealkylation sites (N-methyl/N-ethyl adjacent to an activating group) is 1. The molecule has 3 heterocycles. The molecule has 2 aromatic carbocycles. The number of carbonyl (C=O) groups excluding carboxylic acids is 1. The Morgan fingerprint density at radius 2 is 1.81 bits per heavy atom. The SMILES string of the molecule is CCN1c2cc3c(cc2C=CC1(C)C)/C(=C/C=C/C1=[N+](CCCCCC(N)=O)c2ccc(S(=O)(=O)[O-])cc2C1(C)C)C=C(C(C)(C)C)O3. The molecule has 2 N–H and O–H groups in total. The zero-order chi connectivity index (χ0) is 35.2. The molecule has 0 atom stereocenters. The third-order valence-corrected chi connectivity index (χ3v) is 10.5. The Morgan fingerprint density at radius 1 is 1.08 bits per heavy atom. The van der Waals surface area contributed by atoms with E-state index in [2.05, 4.69) is 93.5 Å². The van der Waals surface area contributed by atoms with Crippen molar-refractivity contribution in [3.05, 3.63) is 83.2 Å². The number of nitrogens with zero attached hydrogens (tertiary/aromatic N) is 2. The number of carbonyl (C=O) groups is 1. The molecule has 0 saturated heterocycles. The van der Waals surface area contributed by atoms with Gasteiger partial charge in [-0.05, 0) is 82.9 Å². The number of allylic oxidation sites excluding steroid dienone is 6. The second-order valence-electron chi connectivity index (χ2n) is 15.1. The second-order valence-corrected chi connectivity index (χ2v) is 16.4. The van der Waals surface area contributed by atoms with Crippen LogP contribution >= 0.6 is 0 Å². The van der Waals surface area contributed by atoms with Gasteiger partial charge in [-0.2, -0.15) is 4.58 Å². The molecule has 0 fully saturated rings. The van der Waals surface area contributed by atoms with Crippen LogP contribution < -0.4 is 15.4 Å². The first kappa shape index (κ1) is 35.4. The number of primary amides is 1. The zero-order valence-corrected chi connectivity index (χ0v) is 30.3. The second kappa shape index (κ2) is 12.8. The molecule has 2 aromatic rings. The molecule has 0 spiro atoms. The van der Waals surface area contributed by atoms with Crippen LogP contribution in [0.4, 0.5) is 11.4 Å². The maximum atomic E-state index is 11.9. The summed E-state index contributed by atoms with van der Waals surface area (Å²) < 4.78 is 44.6. The Balaban J connectivity index is 1.58. The van der Waals surface area contributed by atoms with Crippen LogP contribution in [-0.2, 0) is 20.3 Å². The largest absolute Gasteiger partial charge is 0.744 e. The van der Waals surface area contributed by atoms with E-state index < -0.39 is 15.5 Å². The highest BCUT2D eigenvalue weighted by Crippen LogP contribution is 2.46. The van der Waals surface area contributed by atoms with Gasteiger partial charge >= 0.3 is 0 Å². The number of amides is 1. The van der Waals surface area contributed by atoms with Crippen molar-refractivity contribution in [3.63, 3.8) is 0 Å². The normalized spacial score (nSPS) is 18.9. The van der Waals surface area contributed by atoms with Crippen LogP contribution in [0.15, 0.2) is 71.4 Å². The molecule has 8 nitrogen and oxygen atoms in total.